The molecule has 43 heavy (non-hydrogen) atoms. The number of benzene rings is 3. The molecule has 3 amide bonds. The van der Waals surface area contributed by atoms with Gasteiger partial charge in [0.1, 0.15) is 12.4 Å². The van der Waals surface area contributed by atoms with Crippen LogP contribution in [0.3, 0.4) is 0 Å². The number of hydrogen-bond acceptors (Lipinski definition) is 5. The zero-order valence-electron chi connectivity index (χ0n) is 24.3. The topological polar surface area (TPSA) is 116 Å². The lowest BCUT2D eigenvalue weighted by Gasteiger charge is -2.29. The molecule has 0 unspecified atom stereocenters. The van der Waals surface area contributed by atoms with Gasteiger partial charge in [0.05, 0.1) is 24.5 Å². The van der Waals surface area contributed by atoms with E-state index in [1.54, 1.807) is 18.3 Å². The number of ether oxygens (including phenoxy) is 1. The Labute approximate surface area is 250 Å². The smallest absolute Gasteiger partial charge is 0.407 e. The van der Waals surface area contributed by atoms with Crippen molar-refractivity contribution in [1.82, 2.24) is 25.5 Å². The highest BCUT2D eigenvalue weighted by Crippen LogP contribution is 2.22. The van der Waals surface area contributed by atoms with E-state index in [2.05, 4.69) is 20.6 Å². The summed E-state index contributed by atoms with van der Waals surface area (Å²) in [5.41, 5.74) is 2.58. The van der Waals surface area contributed by atoms with E-state index in [1.807, 2.05) is 74.5 Å². The third-order valence-electron chi connectivity index (χ3n) is 7.05. The Morgan fingerprint density at radius 1 is 0.930 bits per heavy atom. The van der Waals surface area contributed by atoms with E-state index >= 15 is 0 Å². The second kappa shape index (κ2) is 14.8. The maximum Gasteiger partial charge on any atom is 0.407 e. The number of nitrogens with one attached hydrogen (secondary N) is 3. The Balaban J connectivity index is 1.46. The monoisotopic (exact) mass is 585 g/mol. The van der Waals surface area contributed by atoms with Gasteiger partial charge in [0, 0.05) is 31.2 Å². The lowest BCUT2D eigenvalue weighted by atomic mass is 9.84. The second-order valence-electron chi connectivity index (χ2n) is 10.8. The van der Waals surface area contributed by atoms with Crippen LogP contribution in [0, 0.1) is 5.82 Å². The number of carbonyl (C=O) groups excluding carboxylic acids is 3. The summed E-state index contributed by atoms with van der Waals surface area (Å²) >= 11 is 0. The molecule has 0 radical (unpaired) electrons. The van der Waals surface area contributed by atoms with Crippen molar-refractivity contribution in [2.75, 3.05) is 19.6 Å². The van der Waals surface area contributed by atoms with Gasteiger partial charge in [-0.3, -0.25) is 9.59 Å². The van der Waals surface area contributed by atoms with Crippen molar-refractivity contribution < 1.29 is 23.5 Å². The van der Waals surface area contributed by atoms with Gasteiger partial charge < -0.3 is 25.3 Å². The Kier molecular flexibility index (Phi) is 10.6. The number of carbonyl (C=O) groups is 3. The molecule has 4 aromatic rings. The molecule has 0 aliphatic carbocycles. The summed E-state index contributed by atoms with van der Waals surface area (Å²) in [6.07, 6.45) is 2.31. The van der Waals surface area contributed by atoms with Gasteiger partial charge >= 0.3 is 6.09 Å². The van der Waals surface area contributed by atoms with E-state index in [-0.39, 0.29) is 37.6 Å². The normalized spacial score (nSPS) is 11.8. The van der Waals surface area contributed by atoms with Crippen LogP contribution in [0.1, 0.15) is 42.1 Å². The maximum atomic E-state index is 14.0. The molecule has 0 aliphatic rings. The molecule has 0 aliphatic heterocycles. The van der Waals surface area contributed by atoms with E-state index in [9.17, 15) is 18.8 Å². The molecule has 1 aromatic heterocycles. The fourth-order valence-electron chi connectivity index (χ4n) is 4.52. The van der Waals surface area contributed by atoms with Crippen LogP contribution >= 0.6 is 0 Å². The molecule has 1 atom stereocenters. The molecule has 0 saturated carbocycles. The molecule has 1 heterocycles. The van der Waals surface area contributed by atoms with Crippen LogP contribution in [0.5, 0.6) is 0 Å². The predicted octanol–water partition coefficient (Wildman–Crippen LogP) is 4.68. The fraction of sp³-hybridized carbons (Fsp3) is 0.273. The van der Waals surface area contributed by atoms with E-state index < -0.39 is 23.7 Å². The minimum atomic E-state index is -0.912. The first-order valence-corrected chi connectivity index (χ1v) is 14.0. The van der Waals surface area contributed by atoms with Crippen molar-refractivity contribution in [3.63, 3.8) is 0 Å². The number of H-pyrrole nitrogens is 1. The van der Waals surface area contributed by atoms with Crippen LogP contribution in [0.15, 0.2) is 97.5 Å². The predicted molar refractivity (Wildman–Crippen MR) is 160 cm³/mol. The second-order valence-corrected chi connectivity index (χ2v) is 10.8. The summed E-state index contributed by atoms with van der Waals surface area (Å²) < 4.78 is 18.9. The minimum absolute atomic E-state index is 0.0496. The highest BCUT2D eigenvalue weighted by molar-refractivity contribution is 5.89. The first-order valence-electron chi connectivity index (χ1n) is 14.0. The van der Waals surface area contributed by atoms with Gasteiger partial charge in [-0.1, -0.05) is 86.6 Å². The zero-order valence-corrected chi connectivity index (χ0v) is 24.3. The highest BCUT2D eigenvalue weighted by atomic mass is 19.1. The third kappa shape index (κ3) is 9.26. The van der Waals surface area contributed by atoms with Gasteiger partial charge in [-0.25, -0.2) is 14.2 Å². The SMILES string of the molecule is CC(C)(CNC(=O)CN(Cc1ccc(F)cc1)C(=O)[C@@H](CNC(=O)OCc1ccccc1)c1c[nH]cn1)c1ccccc1. The molecule has 3 aromatic carbocycles. The van der Waals surface area contributed by atoms with Crippen LogP contribution in [-0.4, -0.2) is 52.4 Å². The Morgan fingerprint density at radius 3 is 2.26 bits per heavy atom. The first kappa shape index (κ1) is 31.0. The Morgan fingerprint density at radius 2 is 1.60 bits per heavy atom. The van der Waals surface area contributed by atoms with Gasteiger partial charge in [0.15, 0.2) is 0 Å². The number of aromatic amines is 1. The molecule has 4 rings (SSSR count). The van der Waals surface area contributed by atoms with Crippen molar-refractivity contribution in [2.45, 2.75) is 38.3 Å². The molecule has 224 valence electrons. The van der Waals surface area contributed by atoms with Crippen molar-refractivity contribution in [3.05, 3.63) is 126 Å². The van der Waals surface area contributed by atoms with Gasteiger partial charge in [-0.05, 0) is 28.8 Å². The number of rotatable bonds is 13. The Bertz CT molecular complexity index is 1460. The van der Waals surface area contributed by atoms with E-state index in [0.717, 1.165) is 11.1 Å². The highest BCUT2D eigenvalue weighted by Gasteiger charge is 2.30. The summed E-state index contributed by atoms with van der Waals surface area (Å²) in [6.45, 7) is 4.17. The molecular formula is C33H36FN5O4. The molecule has 0 fully saturated rings. The van der Waals surface area contributed by atoms with Crippen LogP contribution in [-0.2, 0) is 32.9 Å². The summed E-state index contributed by atoms with van der Waals surface area (Å²) in [7, 11) is 0. The summed E-state index contributed by atoms with van der Waals surface area (Å²) in [5.74, 6) is -2.10. The van der Waals surface area contributed by atoms with Crippen molar-refractivity contribution in [3.8, 4) is 0 Å². The zero-order chi connectivity index (χ0) is 30.7. The molecule has 10 heteroatoms. The van der Waals surface area contributed by atoms with Crippen LogP contribution in [0.4, 0.5) is 9.18 Å². The van der Waals surface area contributed by atoms with Crippen LogP contribution < -0.4 is 10.6 Å². The van der Waals surface area contributed by atoms with E-state index in [1.165, 1.54) is 23.4 Å². The number of halogens is 1. The minimum Gasteiger partial charge on any atom is -0.445 e. The molecular weight excluding hydrogens is 549 g/mol. The summed E-state index contributed by atoms with van der Waals surface area (Å²) in [6, 6.07) is 24.8. The lowest BCUT2D eigenvalue weighted by Crippen LogP contribution is -2.46. The number of alkyl carbamates (subject to hydrolysis) is 1. The first-order chi connectivity index (χ1) is 20.7. The maximum absolute atomic E-state index is 14.0. The largest absolute Gasteiger partial charge is 0.445 e. The fourth-order valence-corrected chi connectivity index (χ4v) is 4.52. The van der Waals surface area contributed by atoms with Crippen molar-refractivity contribution in [2.24, 2.45) is 0 Å². The quantitative estimate of drug-likeness (QED) is 0.211. The van der Waals surface area contributed by atoms with Crippen LogP contribution in [0.25, 0.3) is 0 Å². The van der Waals surface area contributed by atoms with E-state index in [4.69, 9.17) is 4.74 Å². The molecule has 0 spiro atoms. The summed E-state index contributed by atoms with van der Waals surface area (Å²) in [4.78, 5) is 48.2. The average molecular weight is 586 g/mol. The molecule has 0 bridgehead atoms. The van der Waals surface area contributed by atoms with Gasteiger partial charge in [0.25, 0.3) is 0 Å². The van der Waals surface area contributed by atoms with Crippen LogP contribution in [0.2, 0.25) is 0 Å². The molecule has 9 nitrogen and oxygen atoms in total. The lowest BCUT2D eigenvalue weighted by molar-refractivity contribution is -0.138. The number of imidazole rings is 1. The number of hydrogen-bond donors (Lipinski definition) is 3. The van der Waals surface area contributed by atoms with Crippen molar-refractivity contribution in [1.29, 1.82) is 0 Å². The molecule has 3 N–H and O–H groups in total. The van der Waals surface area contributed by atoms with Gasteiger partial charge in [-0.15, -0.1) is 0 Å². The van der Waals surface area contributed by atoms with Crippen molar-refractivity contribution >= 4 is 17.9 Å². The number of nitrogens with zero attached hydrogens (tertiary/aromatic N) is 2. The number of amides is 3. The third-order valence-corrected chi connectivity index (χ3v) is 7.05. The van der Waals surface area contributed by atoms with Gasteiger partial charge in [-0.2, -0.15) is 0 Å². The standard InChI is InChI=1S/C33H36FN5O4/c1-33(2,26-11-7-4-8-12-26)22-37-30(40)20-39(19-24-13-15-27(34)16-14-24)31(41)28(29-18-35-23-38-29)17-36-32(42)43-21-25-9-5-3-6-10-25/h3-16,18,23,28H,17,19-22H2,1-2H3,(H,35,38)(H,36,42)(H,37,40)/t28-/m0/s1. The average Bonchev–Trinajstić information content (AvgIpc) is 3.55. The molecule has 0 saturated heterocycles. The Hall–Kier alpha value is -4.99. The number of aromatic nitrogens is 2. The van der Waals surface area contributed by atoms with Gasteiger partial charge in [0.2, 0.25) is 11.8 Å². The van der Waals surface area contributed by atoms with E-state index in [0.29, 0.717) is 17.8 Å². The summed E-state index contributed by atoms with van der Waals surface area (Å²) in [5, 5.41) is 5.61.